The number of hydrogen-bond donors (Lipinski definition) is 2. The lowest BCUT2D eigenvalue weighted by Crippen LogP contribution is -2.44. The molecule has 2 aromatic rings. The molecule has 0 bridgehead atoms. The van der Waals surface area contributed by atoms with E-state index in [1.807, 2.05) is 54.6 Å². The number of nitrogens with one attached hydrogen (secondary N) is 1. The van der Waals surface area contributed by atoms with Gasteiger partial charge in [-0.3, -0.25) is 4.72 Å². The zero-order valence-corrected chi connectivity index (χ0v) is 24.8. The molecule has 0 unspecified atom stereocenters. The largest absolute Gasteiger partial charge is 0.385 e. The summed E-state index contributed by atoms with van der Waals surface area (Å²) in [6, 6.07) is 19.0. The average Bonchev–Trinajstić information content (AvgIpc) is 2.91. The molecule has 4 rings (SSSR count). The van der Waals surface area contributed by atoms with E-state index in [0.717, 1.165) is 63.1 Å². The van der Waals surface area contributed by atoms with E-state index in [2.05, 4.69) is 47.4 Å². The van der Waals surface area contributed by atoms with Gasteiger partial charge in [-0.05, 0) is 95.5 Å². The minimum absolute atomic E-state index is 0.590. The van der Waals surface area contributed by atoms with Crippen LogP contribution in [0.15, 0.2) is 54.6 Å². The second kappa shape index (κ2) is 13.8. The lowest BCUT2D eigenvalue weighted by Gasteiger charge is -2.38. The van der Waals surface area contributed by atoms with Crippen LogP contribution in [0.4, 0.5) is 11.4 Å². The fourth-order valence-corrected chi connectivity index (χ4v) is 6.38. The predicted octanol–water partition coefficient (Wildman–Crippen LogP) is 4.75. The van der Waals surface area contributed by atoms with Crippen molar-refractivity contribution < 1.29 is 13.5 Å². The predicted molar refractivity (Wildman–Crippen MR) is 159 cm³/mol. The molecular weight excluding hydrogens is 496 g/mol. The second-order valence-electron chi connectivity index (χ2n) is 11.0. The highest BCUT2D eigenvalue weighted by atomic mass is 32.2. The average molecular weight is 545 g/mol. The van der Waals surface area contributed by atoms with Gasteiger partial charge in [-0.15, -0.1) is 0 Å². The fourth-order valence-electron chi connectivity index (χ4n) is 5.82. The quantitative estimate of drug-likeness (QED) is 0.500. The number of benzene rings is 2. The first kappa shape index (κ1) is 30.4. The first-order valence-electron chi connectivity index (χ1n) is 14.1. The van der Waals surface area contributed by atoms with Crippen molar-refractivity contribution in [3.05, 3.63) is 60.2 Å². The molecule has 2 aliphatic rings. The zero-order valence-electron chi connectivity index (χ0n) is 23.9. The van der Waals surface area contributed by atoms with Gasteiger partial charge in [0.1, 0.15) is 0 Å². The van der Waals surface area contributed by atoms with Gasteiger partial charge in [-0.1, -0.05) is 44.2 Å². The van der Waals surface area contributed by atoms with Crippen LogP contribution in [0.2, 0.25) is 0 Å². The number of hydrogen-bond acceptors (Lipinski definition) is 6. The van der Waals surface area contributed by atoms with Crippen molar-refractivity contribution in [2.45, 2.75) is 70.1 Å². The molecule has 1 saturated carbocycles. The van der Waals surface area contributed by atoms with Crippen LogP contribution >= 0.6 is 0 Å². The highest BCUT2D eigenvalue weighted by Crippen LogP contribution is 2.37. The normalized spacial score (nSPS) is 22.7. The summed E-state index contributed by atoms with van der Waals surface area (Å²) in [5.41, 5.74) is 2.27. The Hall–Kier alpha value is -2.13. The highest BCUT2D eigenvalue weighted by Gasteiger charge is 2.35. The van der Waals surface area contributed by atoms with Crippen LogP contribution in [0, 0.1) is 0 Å². The van der Waals surface area contributed by atoms with Gasteiger partial charge in [0.05, 0.1) is 11.9 Å². The minimum Gasteiger partial charge on any atom is -0.385 e. The number of aliphatic hydroxyl groups is 1. The van der Waals surface area contributed by atoms with Crippen molar-refractivity contribution in [2.75, 3.05) is 56.2 Å². The van der Waals surface area contributed by atoms with E-state index in [1.54, 1.807) is 0 Å². The van der Waals surface area contributed by atoms with Crippen LogP contribution in [-0.2, 0) is 15.6 Å². The van der Waals surface area contributed by atoms with Crippen molar-refractivity contribution in [2.24, 2.45) is 0 Å². The molecule has 1 saturated heterocycles. The smallest absolute Gasteiger partial charge is 0.229 e. The van der Waals surface area contributed by atoms with Crippen molar-refractivity contribution in [1.29, 1.82) is 0 Å². The molecule has 8 heteroatoms. The summed E-state index contributed by atoms with van der Waals surface area (Å²) in [4.78, 5) is 7.19. The molecule has 0 spiro atoms. The van der Waals surface area contributed by atoms with Gasteiger partial charge in [-0.2, -0.15) is 0 Å². The summed E-state index contributed by atoms with van der Waals surface area (Å²) >= 11 is 0. The van der Waals surface area contributed by atoms with Gasteiger partial charge in [0.25, 0.3) is 0 Å². The molecule has 0 radical (unpaired) electrons. The first-order valence-corrected chi connectivity index (χ1v) is 15.9. The van der Waals surface area contributed by atoms with Crippen molar-refractivity contribution in [3.8, 4) is 0 Å². The molecule has 7 nitrogen and oxygen atoms in total. The van der Waals surface area contributed by atoms with E-state index in [-0.39, 0.29) is 0 Å². The summed E-state index contributed by atoms with van der Waals surface area (Å²) in [6.45, 7) is 8.80. The maximum absolute atomic E-state index is 11.2. The van der Waals surface area contributed by atoms with Crippen LogP contribution in [-0.4, -0.2) is 81.9 Å². The first-order chi connectivity index (χ1) is 18.0. The molecule has 212 valence electrons. The van der Waals surface area contributed by atoms with E-state index in [4.69, 9.17) is 0 Å². The third kappa shape index (κ3) is 8.70. The third-order valence-corrected chi connectivity index (χ3v) is 8.76. The van der Waals surface area contributed by atoms with Gasteiger partial charge >= 0.3 is 0 Å². The number of sulfonamides is 1. The Labute approximate surface area is 230 Å². The van der Waals surface area contributed by atoms with E-state index in [0.29, 0.717) is 17.8 Å². The molecule has 0 amide bonds. The van der Waals surface area contributed by atoms with E-state index in [1.165, 1.54) is 19.1 Å². The van der Waals surface area contributed by atoms with Crippen LogP contribution in [0.1, 0.15) is 57.9 Å². The third-order valence-electron chi connectivity index (χ3n) is 8.15. The zero-order chi connectivity index (χ0) is 27.8. The lowest BCUT2D eigenvalue weighted by molar-refractivity contribution is -0.0190. The molecular formula is C30H48N4O3S. The Balaban J connectivity index is 0.000000221. The SMILES string of the molecule is CCN(CC)C1CCN(c2ccc(NS(C)(=O)=O)cc2)CC1.CN(C)C1CCC(O)(c2ccccc2)CC1. The monoisotopic (exact) mass is 544 g/mol. The molecule has 2 aromatic carbocycles. The topological polar surface area (TPSA) is 76.1 Å². The fraction of sp³-hybridized carbons (Fsp3) is 0.600. The molecule has 1 aliphatic heterocycles. The maximum Gasteiger partial charge on any atom is 0.229 e. The molecule has 2 N–H and O–H groups in total. The lowest BCUT2D eigenvalue weighted by atomic mass is 9.77. The summed E-state index contributed by atoms with van der Waals surface area (Å²) in [7, 11) is 1.04. The Bertz CT molecular complexity index is 1060. The van der Waals surface area contributed by atoms with Crippen LogP contribution in [0.5, 0.6) is 0 Å². The van der Waals surface area contributed by atoms with Gasteiger partial charge in [0, 0.05) is 36.5 Å². The summed E-state index contributed by atoms with van der Waals surface area (Å²) < 4.78 is 24.9. The molecule has 0 aromatic heterocycles. The Morgan fingerprint density at radius 2 is 1.45 bits per heavy atom. The summed E-state index contributed by atoms with van der Waals surface area (Å²) in [6.07, 6.45) is 7.45. The summed E-state index contributed by atoms with van der Waals surface area (Å²) in [5, 5.41) is 10.6. The molecule has 38 heavy (non-hydrogen) atoms. The van der Waals surface area contributed by atoms with Gasteiger partial charge in [0.15, 0.2) is 0 Å². The highest BCUT2D eigenvalue weighted by molar-refractivity contribution is 7.92. The molecule has 0 atom stereocenters. The van der Waals surface area contributed by atoms with Gasteiger partial charge < -0.3 is 19.8 Å². The second-order valence-corrected chi connectivity index (χ2v) is 12.7. The van der Waals surface area contributed by atoms with Crippen molar-refractivity contribution in [3.63, 3.8) is 0 Å². The van der Waals surface area contributed by atoms with E-state index >= 15 is 0 Å². The van der Waals surface area contributed by atoms with Crippen LogP contribution < -0.4 is 9.62 Å². The van der Waals surface area contributed by atoms with Crippen molar-refractivity contribution in [1.82, 2.24) is 9.80 Å². The summed E-state index contributed by atoms with van der Waals surface area (Å²) in [5.74, 6) is 0. The van der Waals surface area contributed by atoms with E-state index < -0.39 is 15.6 Å². The van der Waals surface area contributed by atoms with Crippen LogP contribution in [0.3, 0.4) is 0 Å². The molecule has 1 aliphatic carbocycles. The number of anilines is 2. The molecule has 2 fully saturated rings. The Morgan fingerprint density at radius 3 is 1.92 bits per heavy atom. The van der Waals surface area contributed by atoms with Crippen molar-refractivity contribution >= 4 is 21.4 Å². The van der Waals surface area contributed by atoms with Gasteiger partial charge in [0.2, 0.25) is 10.0 Å². The molecule has 1 heterocycles. The van der Waals surface area contributed by atoms with Gasteiger partial charge in [-0.25, -0.2) is 8.42 Å². The number of piperidine rings is 1. The Kier molecular flexibility index (Phi) is 11.0. The maximum atomic E-state index is 11.2. The Morgan fingerprint density at radius 1 is 0.895 bits per heavy atom. The number of nitrogens with zero attached hydrogens (tertiary/aromatic N) is 3. The minimum atomic E-state index is -3.21. The van der Waals surface area contributed by atoms with Crippen LogP contribution in [0.25, 0.3) is 0 Å². The van der Waals surface area contributed by atoms with E-state index in [9.17, 15) is 13.5 Å². The number of rotatable bonds is 8. The standard InChI is InChI=1S/C16H27N3O2S.C14H21NO/c1-4-18(5-2)16-10-12-19(13-11-16)15-8-6-14(7-9-15)17-22(3,20)21;1-15(2)13-8-10-14(16,11-9-13)12-6-4-3-5-7-12/h6-9,16-17H,4-5,10-13H2,1-3H3;3-7,13,16H,8-11H2,1-2H3.